The largest absolute Gasteiger partial charge is 0.274 e. The predicted molar refractivity (Wildman–Crippen MR) is 124 cm³/mol. The zero-order valence-corrected chi connectivity index (χ0v) is 18.9. The number of nitrogens with zero attached hydrogens (tertiary/aromatic N) is 2. The minimum Gasteiger partial charge on any atom is -0.274 e. The monoisotopic (exact) mass is 499 g/mol. The van der Waals surface area contributed by atoms with Crippen molar-refractivity contribution in [1.82, 2.24) is 10.4 Å². The number of hydrazine groups is 1. The Bertz CT molecular complexity index is 1280. The van der Waals surface area contributed by atoms with Gasteiger partial charge in [0.25, 0.3) is 17.7 Å². The number of benzene rings is 3. The molecule has 3 aromatic carbocycles. The first-order valence-corrected chi connectivity index (χ1v) is 10.8. The lowest BCUT2D eigenvalue weighted by Gasteiger charge is -2.28. The van der Waals surface area contributed by atoms with Crippen LogP contribution in [0.3, 0.4) is 0 Å². The second-order valence-electron chi connectivity index (χ2n) is 7.41. The van der Waals surface area contributed by atoms with Gasteiger partial charge in [-0.1, -0.05) is 47.5 Å². The molecule has 4 amide bonds. The highest BCUT2D eigenvalue weighted by Gasteiger charge is 2.45. The Hall–Kier alpha value is -3.75. The van der Waals surface area contributed by atoms with E-state index in [1.165, 1.54) is 42.5 Å². The molecule has 1 aliphatic rings. The number of hydrogen-bond donors (Lipinski definition) is 1. The van der Waals surface area contributed by atoms with Gasteiger partial charge in [0.05, 0.1) is 12.1 Å². The van der Waals surface area contributed by atoms with Crippen LogP contribution in [0.5, 0.6) is 0 Å². The molecule has 0 spiro atoms. The highest BCUT2D eigenvalue weighted by molar-refractivity contribution is 6.35. The summed E-state index contributed by atoms with van der Waals surface area (Å²) in [7, 11) is 0. The molecule has 172 valence electrons. The van der Waals surface area contributed by atoms with Crippen LogP contribution in [-0.2, 0) is 9.59 Å². The molecule has 10 heteroatoms. The van der Waals surface area contributed by atoms with Crippen molar-refractivity contribution in [2.75, 3.05) is 4.90 Å². The van der Waals surface area contributed by atoms with Crippen LogP contribution in [0.2, 0.25) is 10.0 Å². The van der Waals surface area contributed by atoms with Crippen LogP contribution in [0.15, 0.2) is 72.8 Å². The van der Waals surface area contributed by atoms with Crippen molar-refractivity contribution in [3.05, 3.63) is 99.8 Å². The van der Waals surface area contributed by atoms with Crippen LogP contribution in [0.4, 0.5) is 10.1 Å². The number of carbonyl (C=O) groups is 4. The number of hydrogen-bond acceptors (Lipinski definition) is 4. The number of rotatable bonds is 4. The summed E-state index contributed by atoms with van der Waals surface area (Å²) in [5.74, 6) is -3.56. The van der Waals surface area contributed by atoms with E-state index < -0.39 is 41.9 Å². The lowest BCUT2D eigenvalue weighted by Crippen LogP contribution is -2.54. The fourth-order valence-corrected chi connectivity index (χ4v) is 4.07. The molecule has 1 unspecified atom stereocenters. The molecular weight excluding hydrogens is 484 g/mol. The molecule has 0 aliphatic carbocycles. The first-order valence-electron chi connectivity index (χ1n) is 10.0. The van der Waals surface area contributed by atoms with E-state index in [0.29, 0.717) is 0 Å². The summed E-state index contributed by atoms with van der Waals surface area (Å²) >= 11 is 12.0. The predicted octanol–water partition coefficient (Wildman–Crippen LogP) is 4.25. The molecule has 0 radical (unpaired) electrons. The van der Waals surface area contributed by atoms with Gasteiger partial charge in [0.15, 0.2) is 0 Å². The second kappa shape index (κ2) is 9.62. The summed E-state index contributed by atoms with van der Waals surface area (Å²) in [5, 5.41) is 1.22. The quantitative estimate of drug-likeness (QED) is 0.429. The van der Waals surface area contributed by atoms with Crippen LogP contribution in [0.25, 0.3) is 0 Å². The fourth-order valence-electron chi connectivity index (χ4n) is 3.55. The van der Waals surface area contributed by atoms with E-state index in [4.69, 9.17) is 23.2 Å². The number of carbonyl (C=O) groups excluding carboxylic acids is 4. The van der Waals surface area contributed by atoms with Crippen LogP contribution >= 0.6 is 23.2 Å². The molecule has 1 aliphatic heterocycles. The molecular formula is C24H16Cl2FN3O4. The Labute approximate surface area is 203 Å². The van der Waals surface area contributed by atoms with Gasteiger partial charge in [-0.15, -0.1) is 0 Å². The van der Waals surface area contributed by atoms with Crippen LogP contribution < -0.4 is 10.3 Å². The zero-order chi connectivity index (χ0) is 24.4. The van der Waals surface area contributed by atoms with Gasteiger partial charge < -0.3 is 0 Å². The first-order chi connectivity index (χ1) is 16.2. The lowest BCUT2D eigenvalue weighted by molar-refractivity contribution is -0.122. The number of amides is 4. The number of nitrogens with one attached hydrogen (secondary N) is 1. The first kappa shape index (κ1) is 23.4. The lowest BCUT2D eigenvalue weighted by atomic mass is 10.1. The molecule has 4 rings (SSSR count). The molecule has 0 saturated carbocycles. The van der Waals surface area contributed by atoms with E-state index in [2.05, 4.69) is 5.43 Å². The molecule has 1 heterocycles. The van der Waals surface area contributed by atoms with Crippen LogP contribution in [0, 0.1) is 5.82 Å². The number of halogens is 3. The average molecular weight is 500 g/mol. The topological polar surface area (TPSA) is 86.8 Å². The molecule has 1 fully saturated rings. The second-order valence-corrected chi connectivity index (χ2v) is 8.28. The van der Waals surface area contributed by atoms with Gasteiger partial charge in [-0.25, -0.2) is 14.3 Å². The fraction of sp³-hybridized carbons (Fsp3) is 0.0833. The van der Waals surface area contributed by atoms with Gasteiger partial charge in [0, 0.05) is 21.2 Å². The van der Waals surface area contributed by atoms with Crippen LogP contribution in [-0.4, -0.2) is 34.7 Å². The van der Waals surface area contributed by atoms with Crippen molar-refractivity contribution in [2.24, 2.45) is 0 Å². The molecule has 7 nitrogen and oxygen atoms in total. The third-order valence-electron chi connectivity index (χ3n) is 5.09. The van der Waals surface area contributed by atoms with E-state index in [1.807, 2.05) is 0 Å². The molecule has 1 saturated heterocycles. The minimum atomic E-state index is -1.35. The molecule has 3 aromatic rings. The van der Waals surface area contributed by atoms with Gasteiger partial charge in [0.1, 0.15) is 11.9 Å². The van der Waals surface area contributed by atoms with E-state index in [9.17, 15) is 23.6 Å². The SMILES string of the molecule is O=C(NN(C(=O)c1ccccc1)C1CC(=O)N(c2cc(Cl)cc(Cl)c2)C1=O)c1cccc(F)c1. The van der Waals surface area contributed by atoms with Crippen molar-refractivity contribution in [1.29, 1.82) is 0 Å². The van der Waals surface area contributed by atoms with Gasteiger partial charge in [0.2, 0.25) is 5.91 Å². The van der Waals surface area contributed by atoms with Crippen molar-refractivity contribution >= 4 is 52.5 Å². The summed E-state index contributed by atoms with van der Waals surface area (Å²) in [6.45, 7) is 0. The minimum absolute atomic E-state index is 0.0684. The summed E-state index contributed by atoms with van der Waals surface area (Å²) in [6.07, 6.45) is -0.398. The van der Waals surface area contributed by atoms with Crippen molar-refractivity contribution < 1.29 is 23.6 Å². The number of anilines is 1. The Morgan fingerprint density at radius 1 is 0.912 bits per heavy atom. The Kier molecular flexibility index (Phi) is 6.63. The van der Waals surface area contributed by atoms with Crippen molar-refractivity contribution in [3.8, 4) is 0 Å². The van der Waals surface area contributed by atoms with Crippen molar-refractivity contribution in [3.63, 3.8) is 0 Å². The van der Waals surface area contributed by atoms with Crippen LogP contribution in [0.1, 0.15) is 27.1 Å². The van der Waals surface area contributed by atoms with E-state index in [-0.39, 0.29) is 26.9 Å². The highest BCUT2D eigenvalue weighted by Crippen LogP contribution is 2.31. The maximum atomic E-state index is 13.6. The van der Waals surface area contributed by atoms with E-state index >= 15 is 0 Å². The Morgan fingerprint density at radius 2 is 1.56 bits per heavy atom. The molecule has 1 N–H and O–H groups in total. The Morgan fingerprint density at radius 3 is 2.21 bits per heavy atom. The van der Waals surface area contributed by atoms with Gasteiger partial charge >= 0.3 is 0 Å². The average Bonchev–Trinajstić information content (AvgIpc) is 3.10. The summed E-state index contributed by atoms with van der Waals surface area (Å²) in [6, 6.07) is 15.6. The number of imide groups is 1. The highest BCUT2D eigenvalue weighted by atomic mass is 35.5. The summed E-state index contributed by atoms with van der Waals surface area (Å²) in [4.78, 5) is 53.1. The summed E-state index contributed by atoms with van der Waals surface area (Å²) in [5.41, 5.74) is 2.61. The summed E-state index contributed by atoms with van der Waals surface area (Å²) < 4.78 is 13.6. The normalized spacial score (nSPS) is 15.4. The third-order valence-corrected chi connectivity index (χ3v) is 5.52. The van der Waals surface area contributed by atoms with E-state index in [1.54, 1.807) is 18.2 Å². The maximum absolute atomic E-state index is 13.6. The Balaban J connectivity index is 1.69. The van der Waals surface area contributed by atoms with Crippen molar-refractivity contribution in [2.45, 2.75) is 12.5 Å². The van der Waals surface area contributed by atoms with Gasteiger partial charge in [-0.3, -0.25) is 24.6 Å². The van der Waals surface area contributed by atoms with Gasteiger partial charge in [-0.2, -0.15) is 0 Å². The zero-order valence-electron chi connectivity index (χ0n) is 17.4. The molecule has 1 atom stereocenters. The standard InChI is InChI=1S/C24H16Cl2FN3O4/c25-16-10-17(26)12-19(11-16)29-21(31)13-20(24(29)34)30(23(33)14-5-2-1-3-6-14)28-22(32)15-7-4-8-18(27)9-15/h1-12,20H,13H2,(H,28,32). The molecule has 0 aromatic heterocycles. The van der Waals surface area contributed by atoms with Gasteiger partial charge in [-0.05, 0) is 48.5 Å². The molecule has 34 heavy (non-hydrogen) atoms. The van der Waals surface area contributed by atoms with E-state index in [0.717, 1.165) is 22.0 Å². The maximum Gasteiger partial charge on any atom is 0.273 e. The molecule has 0 bridgehead atoms. The smallest absolute Gasteiger partial charge is 0.273 e. The third kappa shape index (κ3) is 4.78.